The van der Waals surface area contributed by atoms with E-state index in [1.54, 1.807) is 20.8 Å². The summed E-state index contributed by atoms with van der Waals surface area (Å²) in [5.41, 5.74) is 6.34. The quantitative estimate of drug-likeness (QED) is 0.879. The number of carbonyl (C=O) groups excluding carboxylic acids is 2. The van der Waals surface area contributed by atoms with Crippen LogP contribution >= 0.6 is 0 Å². The molecule has 0 unspecified atom stereocenters. The molecule has 2 rings (SSSR count). The predicted molar refractivity (Wildman–Crippen MR) is 89.3 cm³/mol. The molecular formula is C17H25N3O4. The first-order chi connectivity index (χ1) is 11.2. The van der Waals surface area contributed by atoms with Gasteiger partial charge in [-0.2, -0.15) is 0 Å². The monoisotopic (exact) mass is 335 g/mol. The van der Waals surface area contributed by atoms with Crippen LogP contribution in [0.2, 0.25) is 0 Å². The molecule has 1 aliphatic rings. The van der Waals surface area contributed by atoms with E-state index < -0.39 is 17.8 Å². The Kier molecular flexibility index (Phi) is 5.66. The summed E-state index contributed by atoms with van der Waals surface area (Å²) in [6.07, 6.45) is -0.981. The van der Waals surface area contributed by atoms with Crippen molar-refractivity contribution < 1.29 is 19.1 Å². The minimum Gasteiger partial charge on any atom is -0.445 e. The average molecular weight is 335 g/mol. The zero-order valence-corrected chi connectivity index (χ0v) is 14.3. The van der Waals surface area contributed by atoms with E-state index in [9.17, 15) is 9.59 Å². The highest BCUT2D eigenvalue weighted by atomic mass is 16.6. The van der Waals surface area contributed by atoms with Crippen molar-refractivity contribution in [2.75, 3.05) is 13.1 Å². The molecule has 2 atom stereocenters. The third kappa shape index (κ3) is 5.42. The standard InChI is InChI=1S/C17H25N3O4/c1-17(2,3)24-16(22)20-9-13(18)14(10-20)19-15(21)23-11-12-7-5-4-6-8-12/h4-8,13-14H,9-11,18H2,1-3H3,(H,19,21)/t13-,14-/m0/s1. The van der Waals surface area contributed by atoms with Crippen molar-refractivity contribution in [3.63, 3.8) is 0 Å². The molecule has 7 nitrogen and oxygen atoms in total. The lowest BCUT2D eigenvalue weighted by atomic mass is 10.2. The molecule has 1 aliphatic heterocycles. The van der Waals surface area contributed by atoms with E-state index >= 15 is 0 Å². The largest absolute Gasteiger partial charge is 0.445 e. The summed E-state index contributed by atoms with van der Waals surface area (Å²) < 4.78 is 10.5. The first-order valence-corrected chi connectivity index (χ1v) is 7.95. The molecule has 0 saturated carbocycles. The Morgan fingerprint density at radius 3 is 2.54 bits per heavy atom. The van der Waals surface area contributed by atoms with Crippen LogP contribution in [0.1, 0.15) is 26.3 Å². The maximum absolute atomic E-state index is 12.1. The van der Waals surface area contributed by atoms with Crippen LogP contribution in [0.15, 0.2) is 30.3 Å². The zero-order valence-electron chi connectivity index (χ0n) is 14.3. The number of benzene rings is 1. The van der Waals surface area contributed by atoms with Gasteiger partial charge < -0.3 is 25.4 Å². The molecule has 1 fully saturated rings. The number of nitrogens with zero attached hydrogens (tertiary/aromatic N) is 1. The summed E-state index contributed by atoms with van der Waals surface area (Å²) in [5, 5.41) is 2.71. The van der Waals surface area contributed by atoms with E-state index in [1.165, 1.54) is 4.90 Å². The molecule has 7 heteroatoms. The van der Waals surface area contributed by atoms with E-state index in [1.807, 2.05) is 30.3 Å². The number of hydrogen-bond donors (Lipinski definition) is 2. The van der Waals surface area contributed by atoms with E-state index in [4.69, 9.17) is 15.2 Å². The Hall–Kier alpha value is -2.28. The molecule has 0 spiro atoms. The van der Waals surface area contributed by atoms with Gasteiger partial charge in [0.25, 0.3) is 0 Å². The van der Waals surface area contributed by atoms with Gasteiger partial charge >= 0.3 is 12.2 Å². The lowest BCUT2D eigenvalue weighted by Gasteiger charge is -2.24. The molecule has 1 heterocycles. The van der Waals surface area contributed by atoms with Crippen LogP contribution in [0.4, 0.5) is 9.59 Å². The second-order valence-corrected chi connectivity index (χ2v) is 6.86. The highest BCUT2D eigenvalue weighted by Crippen LogP contribution is 2.15. The van der Waals surface area contributed by atoms with Crippen molar-refractivity contribution in [1.29, 1.82) is 0 Å². The molecule has 1 saturated heterocycles. The summed E-state index contributed by atoms with van der Waals surface area (Å²) in [6, 6.07) is 8.68. The lowest BCUT2D eigenvalue weighted by Crippen LogP contribution is -2.46. The Bertz CT molecular complexity index is 571. The third-order valence-corrected chi connectivity index (χ3v) is 3.53. The van der Waals surface area contributed by atoms with Crippen molar-refractivity contribution in [3.8, 4) is 0 Å². The van der Waals surface area contributed by atoms with E-state index in [0.29, 0.717) is 13.1 Å². The molecule has 0 aromatic heterocycles. The first-order valence-electron chi connectivity index (χ1n) is 7.95. The van der Waals surface area contributed by atoms with Crippen molar-refractivity contribution in [3.05, 3.63) is 35.9 Å². The molecule has 132 valence electrons. The number of nitrogens with two attached hydrogens (primary N) is 1. The molecule has 1 aromatic rings. The number of amides is 2. The van der Waals surface area contributed by atoms with Crippen molar-refractivity contribution in [2.24, 2.45) is 5.73 Å². The maximum Gasteiger partial charge on any atom is 0.410 e. The van der Waals surface area contributed by atoms with Crippen LogP contribution in [0, 0.1) is 0 Å². The summed E-state index contributed by atoms with van der Waals surface area (Å²) in [4.78, 5) is 25.5. The van der Waals surface area contributed by atoms with Crippen LogP contribution < -0.4 is 11.1 Å². The van der Waals surface area contributed by atoms with Crippen LogP contribution in [0.25, 0.3) is 0 Å². The number of rotatable bonds is 3. The van der Waals surface area contributed by atoms with Gasteiger partial charge in [-0.05, 0) is 26.3 Å². The number of alkyl carbamates (subject to hydrolysis) is 1. The van der Waals surface area contributed by atoms with Crippen LogP contribution in [0.5, 0.6) is 0 Å². The maximum atomic E-state index is 12.1. The molecule has 1 aromatic carbocycles. The lowest BCUT2D eigenvalue weighted by molar-refractivity contribution is 0.0288. The van der Waals surface area contributed by atoms with E-state index in [2.05, 4.69) is 5.32 Å². The van der Waals surface area contributed by atoms with Gasteiger partial charge in [0.15, 0.2) is 0 Å². The van der Waals surface area contributed by atoms with Gasteiger partial charge in [0, 0.05) is 19.1 Å². The topological polar surface area (TPSA) is 93.9 Å². The number of ether oxygens (including phenoxy) is 2. The second-order valence-electron chi connectivity index (χ2n) is 6.86. The van der Waals surface area contributed by atoms with Gasteiger partial charge in [0.05, 0.1) is 6.04 Å². The Morgan fingerprint density at radius 1 is 1.25 bits per heavy atom. The number of carbonyl (C=O) groups is 2. The fourth-order valence-corrected chi connectivity index (χ4v) is 2.37. The average Bonchev–Trinajstić information content (AvgIpc) is 2.86. The summed E-state index contributed by atoms with van der Waals surface area (Å²) in [7, 11) is 0. The molecule has 0 bridgehead atoms. The minimum atomic E-state index is -0.568. The van der Waals surface area contributed by atoms with Gasteiger partial charge in [-0.3, -0.25) is 0 Å². The van der Waals surface area contributed by atoms with Gasteiger partial charge in [0.1, 0.15) is 12.2 Å². The molecule has 2 amide bonds. The first kappa shape index (κ1) is 18.1. The van der Waals surface area contributed by atoms with E-state index in [0.717, 1.165) is 5.56 Å². The number of likely N-dealkylation sites (tertiary alicyclic amines) is 1. The predicted octanol–water partition coefficient (Wildman–Crippen LogP) is 1.86. The fourth-order valence-electron chi connectivity index (χ4n) is 2.37. The van der Waals surface area contributed by atoms with Gasteiger partial charge in [0.2, 0.25) is 0 Å². The fraction of sp³-hybridized carbons (Fsp3) is 0.529. The van der Waals surface area contributed by atoms with Crippen LogP contribution in [-0.4, -0.2) is 47.9 Å². The molecule has 24 heavy (non-hydrogen) atoms. The van der Waals surface area contributed by atoms with E-state index in [-0.39, 0.29) is 18.7 Å². The smallest absolute Gasteiger partial charge is 0.410 e. The normalized spacial score (nSPS) is 20.6. The van der Waals surface area contributed by atoms with Crippen LogP contribution in [0.3, 0.4) is 0 Å². The number of nitrogens with one attached hydrogen (secondary N) is 1. The van der Waals surface area contributed by atoms with Crippen molar-refractivity contribution >= 4 is 12.2 Å². The molecule has 3 N–H and O–H groups in total. The molecule has 0 radical (unpaired) electrons. The number of hydrogen-bond acceptors (Lipinski definition) is 5. The zero-order chi connectivity index (χ0) is 17.7. The summed E-state index contributed by atoms with van der Waals surface area (Å²) in [6.45, 7) is 6.23. The highest BCUT2D eigenvalue weighted by molar-refractivity contribution is 5.70. The Morgan fingerprint density at radius 2 is 1.92 bits per heavy atom. The Balaban J connectivity index is 1.80. The molecule has 0 aliphatic carbocycles. The summed E-state index contributed by atoms with van der Waals surface area (Å²) in [5.74, 6) is 0. The van der Waals surface area contributed by atoms with Crippen LogP contribution in [-0.2, 0) is 16.1 Å². The summed E-state index contributed by atoms with van der Waals surface area (Å²) >= 11 is 0. The SMILES string of the molecule is CC(C)(C)OC(=O)N1C[C@H](NC(=O)OCc2ccccc2)[C@@H](N)C1. The Labute approximate surface area is 142 Å². The van der Waals surface area contributed by atoms with Crippen molar-refractivity contribution in [1.82, 2.24) is 10.2 Å². The van der Waals surface area contributed by atoms with Gasteiger partial charge in [-0.1, -0.05) is 30.3 Å². The van der Waals surface area contributed by atoms with Gasteiger partial charge in [-0.15, -0.1) is 0 Å². The minimum absolute atomic E-state index is 0.185. The highest BCUT2D eigenvalue weighted by Gasteiger charge is 2.36. The second kappa shape index (κ2) is 7.53. The van der Waals surface area contributed by atoms with Crippen molar-refractivity contribution in [2.45, 2.75) is 45.1 Å². The third-order valence-electron chi connectivity index (χ3n) is 3.53. The molecular weight excluding hydrogens is 310 g/mol. The van der Waals surface area contributed by atoms with Gasteiger partial charge in [-0.25, -0.2) is 9.59 Å².